The summed E-state index contributed by atoms with van der Waals surface area (Å²) in [5, 5.41) is 2.69. The van der Waals surface area contributed by atoms with E-state index < -0.39 is 0 Å². The van der Waals surface area contributed by atoms with Crippen LogP contribution in [0.1, 0.15) is 38.5 Å². The summed E-state index contributed by atoms with van der Waals surface area (Å²) in [6, 6.07) is 1.56. The number of carbonyl (C=O) groups excluding carboxylic acids is 1. The third kappa shape index (κ3) is 4.08. The van der Waals surface area contributed by atoms with Crippen molar-refractivity contribution in [1.29, 1.82) is 0 Å². The van der Waals surface area contributed by atoms with Crippen molar-refractivity contribution < 1.29 is 14.3 Å². The summed E-state index contributed by atoms with van der Waals surface area (Å²) in [7, 11) is 3.01. The molecule has 1 N–H and O–H groups in total. The highest BCUT2D eigenvalue weighted by molar-refractivity contribution is 5.88. The molecule has 1 fully saturated rings. The van der Waals surface area contributed by atoms with E-state index in [0.29, 0.717) is 24.1 Å². The highest BCUT2D eigenvalue weighted by atomic mass is 16.5. The lowest BCUT2D eigenvalue weighted by atomic mass is 10.0. The van der Waals surface area contributed by atoms with Crippen LogP contribution in [0.3, 0.4) is 0 Å². The number of anilines is 1. The zero-order chi connectivity index (χ0) is 14.4. The average Bonchev–Trinajstić information content (AvgIpc) is 2.98. The van der Waals surface area contributed by atoms with E-state index in [4.69, 9.17) is 9.47 Å². The normalized spacial score (nSPS) is 15.1. The molecular formula is C14H21N3O3. The van der Waals surface area contributed by atoms with Crippen LogP contribution in [-0.4, -0.2) is 30.1 Å². The topological polar surface area (TPSA) is 73.3 Å². The number of hydrogen-bond donors (Lipinski definition) is 1. The summed E-state index contributed by atoms with van der Waals surface area (Å²) in [5.41, 5.74) is 0. The minimum absolute atomic E-state index is 0.0628. The Morgan fingerprint density at radius 1 is 1.25 bits per heavy atom. The molecular weight excluding hydrogens is 258 g/mol. The van der Waals surface area contributed by atoms with Crippen molar-refractivity contribution in [3.05, 3.63) is 6.07 Å². The molecule has 0 aromatic carbocycles. The molecule has 20 heavy (non-hydrogen) atoms. The Balaban J connectivity index is 1.89. The molecule has 1 aromatic heterocycles. The van der Waals surface area contributed by atoms with Crippen LogP contribution in [0.2, 0.25) is 0 Å². The maximum atomic E-state index is 11.9. The summed E-state index contributed by atoms with van der Waals surface area (Å²) in [6.07, 6.45) is 6.53. The second kappa shape index (κ2) is 7.07. The Kier molecular flexibility index (Phi) is 5.15. The second-order valence-electron chi connectivity index (χ2n) is 5.01. The maximum absolute atomic E-state index is 11.9. The predicted octanol–water partition coefficient (Wildman–Crippen LogP) is 2.40. The van der Waals surface area contributed by atoms with Gasteiger partial charge < -0.3 is 9.47 Å². The van der Waals surface area contributed by atoms with Crippen molar-refractivity contribution in [2.45, 2.75) is 38.5 Å². The first kappa shape index (κ1) is 14.6. The molecule has 0 saturated heterocycles. The van der Waals surface area contributed by atoms with E-state index in [0.717, 1.165) is 6.42 Å². The van der Waals surface area contributed by atoms with Gasteiger partial charge in [-0.25, -0.2) is 0 Å². The van der Waals surface area contributed by atoms with Gasteiger partial charge in [0, 0.05) is 6.42 Å². The average molecular weight is 279 g/mol. The largest absolute Gasteiger partial charge is 0.481 e. The number of methoxy groups -OCH3 is 2. The molecule has 0 atom stereocenters. The molecule has 6 nitrogen and oxygen atoms in total. The molecule has 0 radical (unpaired) electrons. The first-order valence-electron chi connectivity index (χ1n) is 6.98. The molecule has 1 saturated carbocycles. The lowest BCUT2D eigenvalue weighted by Gasteiger charge is -2.09. The second-order valence-corrected chi connectivity index (χ2v) is 5.01. The number of nitrogens with zero attached hydrogens (tertiary/aromatic N) is 2. The van der Waals surface area contributed by atoms with Crippen LogP contribution in [-0.2, 0) is 4.79 Å². The van der Waals surface area contributed by atoms with E-state index in [1.165, 1.54) is 39.9 Å². The Morgan fingerprint density at radius 3 is 2.40 bits per heavy atom. The van der Waals surface area contributed by atoms with Crippen molar-refractivity contribution in [1.82, 2.24) is 9.97 Å². The van der Waals surface area contributed by atoms with Gasteiger partial charge in [0.2, 0.25) is 23.6 Å². The van der Waals surface area contributed by atoms with Crippen LogP contribution >= 0.6 is 0 Å². The summed E-state index contributed by atoms with van der Waals surface area (Å²) in [6.45, 7) is 0. The smallest absolute Gasteiger partial charge is 0.236 e. The fourth-order valence-electron chi connectivity index (χ4n) is 2.49. The van der Waals surface area contributed by atoms with Crippen LogP contribution in [0.4, 0.5) is 5.95 Å². The fourth-order valence-corrected chi connectivity index (χ4v) is 2.49. The molecule has 0 aliphatic heterocycles. The van der Waals surface area contributed by atoms with Crippen molar-refractivity contribution in [3.63, 3.8) is 0 Å². The van der Waals surface area contributed by atoms with Gasteiger partial charge in [-0.3, -0.25) is 10.1 Å². The number of carbonyl (C=O) groups is 1. The van der Waals surface area contributed by atoms with E-state index in [2.05, 4.69) is 15.3 Å². The quantitative estimate of drug-likeness (QED) is 0.865. The number of rotatable bonds is 6. The van der Waals surface area contributed by atoms with Crippen LogP contribution in [0.15, 0.2) is 6.07 Å². The lowest BCUT2D eigenvalue weighted by Crippen LogP contribution is -2.15. The molecule has 1 amide bonds. The van der Waals surface area contributed by atoms with Crippen molar-refractivity contribution in [2.24, 2.45) is 5.92 Å². The highest BCUT2D eigenvalue weighted by Gasteiger charge is 2.16. The van der Waals surface area contributed by atoms with Gasteiger partial charge in [-0.15, -0.1) is 0 Å². The van der Waals surface area contributed by atoms with Crippen LogP contribution < -0.4 is 14.8 Å². The minimum Gasteiger partial charge on any atom is -0.481 e. The molecule has 1 aliphatic rings. The summed E-state index contributed by atoms with van der Waals surface area (Å²) in [5.74, 6) is 1.58. The summed E-state index contributed by atoms with van der Waals surface area (Å²) >= 11 is 0. The predicted molar refractivity (Wildman–Crippen MR) is 75.0 cm³/mol. The molecule has 1 aromatic rings. The van der Waals surface area contributed by atoms with Crippen LogP contribution in [0.25, 0.3) is 0 Å². The first-order valence-corrected chi connectivity index (χ1v) is 6.98. The molecule has 1 heterocycles. The van der Waals surface area contributed by atoms with Gasteiger partial charge in [-0.1, -0.05) is 25.7 Å². The summed E-state index contributed by atoms with van der Waals surface area (Å²) in [4.78, 5) is 20.0. The molecule has 2 rings (SSSR count). The van der Waals surface area contributed by atoms with Gasteiger partial charge in [0.05, 0.1) is 20.3 Å². The SMILES string of the molecule is COc1cc(OC)nc(NC(=O)CCC2CCCC2)n1. The monoisotopic (exact) mass is 279 g/mol. The molecule has 0 unspecified atom stereocenters. The van der Waals surface area contributed by atoms with Gasteiger partial charge >= 0.3 is 0 Å². The Hall–Kier alpha value is -1.85. The van der Waals surface area contributed by atoms with E-state index >= 15 is 0 Å². The lowest BCUT2D eigenvalue weighted by molar-refractivity contribution is -0.116. The third-order valence-corrected chi connectivity index (χ3v) is 3.60. The molecule has 110 valence electrons. The van der Waals surface area contributed by atoms with Gasteiger partial charge in [-0.05, 0) is 12.3 Å². The molecule has 1 aliphatic carbocycles. The van der Waals surface area contributed by atoms with Gasteiger partial charge in [-0.2, -0.15) is 9.97 Å². The van der Waals surface area contributed by atoms with Crippen molar-refractivity contribution in [2.75, 3.05) is 19.5 Å². The standard InChI is InChI=1S/C14H21N3O3/c1-19-12-9-13(20-2)17-14(16-12)15-11(18)8-7-10-5-3-4-6-10/h9-10H,3-8H2,1-2H3,(H,15,16,17,18). The van der Waals surface area contributed by atoms with E-state index in [9.17, 15) is 4.79 Å². The maximum Gasteiger partial charge on any atom is 0.236 e. The van der Waals surface area contributed by atoms with Gasteiger partial charge in [0.15, 0.2) is 0 Å². The van der Waals surface area contributed by atoms with Crippen LogP contribution in [0.5, 0.6) is 11.8 Å². The summed E-state index contributed by atoms with van der Waals surface area (Å²) < 4.78 is 10.1. The van der Waals surface area contributed by atoms with E-state index in [1.807, 2.05) is 0 Å². The van der Waals surface area contributed by atoms with Gasteiger partial charge in [0.25, 0.3) is 0 Å². The third-order valence-electron chi connectivity index (χ3n) is 3.60. The Labute approximate surface area is 118 Å². The number of amides is 1. The van der Waals surface area contributed by atoms with E-state index in [1.54, 1.807) is 6.07 Å². The molecule has 6 heteroatoms. The number of aromatic nitrogens is 2. The van der Waals surface area contributed by atoms with Crippen molar-refractivity contribution >= 4 is 11.9 Å². The molecule has 0 spiro atoms. The Bertz CT molecular complexity index is 437. The van der Waals surface area contributed by atoms with E-state index in [-0.39, 0.29) is 11.9 Å². The minimum atomic E-state index is -0.0628. The number of hydrogen-bond acceptors (Lipinski definition) is 5. The zero-order valence-electron chi connectivity index (χ0n) is 12.0. The molecule has 0 bridgehead atoms. The highest BCUT2D eigenvalue weighted by Crippen LogP contribution is 2.28. The number of nitrogens with one attached hydrogen (secondary N) is 1. The zero-order valence-corrected chi connectivity index (χ0v) is 12.0. The number of ether oxygens (including phenoxy) is 2. The van der Waals surface area contributed by atoms with Crippen molar-refractivity contribution in [3.8, 4) is 11.8 Å². The Morgan fingerprint density at radius 2 is 1.85 bits per heavy atom. The van der Waals surface area contributed by atoms with Crippen LogP contribution in [0, 0.1) is 5.92 Å². The fraction of sp³-hybridized carbons (Fsp3) is 0.643. The first-order chi connectivity index (χ1) is 9.71. The van der Waals surface area contributed by atoms with Gasteiger partial charge in [0.1, 0.15) is 0 Å².